The third kappa shape index (κ3) is 2.11. The molecular weight excluding hydrogens is 164 g/mol. The summed E-state index contributed by atoms with van der Waals surface area (Å²) < 4.78 is 0. The first kappa shape index (κ1) is 9.84. The predicted molar refractivity (Wildman–Crippen MR) is 52.9 cm³/mol. The zero-order chi connectivity index (χ0) is 9.84. The number of carbonyl (C=O) groups excluding carboxylic acids is 1. The Bertz CT molecular complexity index is 291. The fraction of sp³-hybridized carbons (Fsp3) is 0.500. The van der Waals surface area contributed by atoms with Crippen LogP contribution in [-0.2, 0) is 0 Å². The van der Waals surface area contributed by atoms with Crippen molar-refractivity contribution >= 4 is 5.91 Å². The topological polar surface area (TPSA) is 44.9 Å². The number of carbonyl (C=O) groups is 1. The van der Waals surface area contributed by atoms with Crippen molar-refractivity contribution in [2.45, 2.75) is 26.2 Å². The molecule has 1 unspecified atom stereocenters. The number of H-pyrrole nitrogens is 1. The Morgan fingerprint density at radius 1 is 1.62 bits per heavy atom. The molecule has 0 fully saturated rings. The van der Waals surface area contributed by atoms with Gasteiger partial charge in [-0.1, -0.05) is 13.8 Å². The number of aromatic amines is 1. The molecule has 0 aliphatic carbocycles. The fourth-order valence-corrected chi connectivity index (χ4v) is 1.19. The predicted octanol–water partition coefficient (Wildman–Crippen LogP) is 1.89. The van der Waals surface area contributed by atoms with Crippen molar-refractivity contribution in [3.63, 3.8) is 0 Å². The van der Waals surface area contributed by atoms with Gasteiger partial charge in [0, 0.05) is 12.7 Å². The number of rotatable bonds is 3. The highest BCUT2D eigenvalue weighted by Crippen LogP contribution is 2.17. The zero-order valence-corrected chi connectivity index (χ0v) is 8.35. The third-order valence-corrected chi connectivity index (χ3v) is 2.32. The molecule has 1 heterocycles. The molecule has 0 bridgehead atoms. The molecule has 1 aromatic rings. The second-order valence-corrected chi connectivity index (χ2v) is 3.22. The van der Waals surface area contributed by atoms with Crippen LogP contribution in [0.15, 0.2) is 12.1 Å². The summed E-state index contributed by atoms with van der Waals surface area (Å²) in [7, 11) is 1.63. The van der Waals surface area contributed by atoms with Gasteiger partial charge >= 0.3 is 0 Å². The molecule has 0 saturated heterocycles. The molecular formula is C10H16N2O. The summed E-state index contributed by atoms with van der Waals surface area (Å²) in [5.74, 6) is 0.424. The number of aromatic nitrogens is 1. The standard InChI is InChI=1S/C10H16N2O/c1-4-7(2)8-5-6-9(12-8)10(13)11-3/h5-7,12H,4H2,1-3H3,(H,11,13). The highest BCUT2D eigenvalue weighted by atomic mass is 16.1. The first-order chi connectivity index (χ1) is 6.19. The van der Waals surface area contributed by atoms with Crippen molar-refractivity contribution in [1.29, 1.82) is 0 Å². The molecule has 1 rings (SSSR count). The summed E-state index contributed by atoms with van der Waals surface area (Å²) in [5, 5.41) is 2.58. The molecule has 1 amide bonds. The van der Waals surface area contributed by atoms with Crippen LogP contribution >= 0.6 is 0 Å². The van der Waals surface area contributed by atoms with Gasteiger partial charge in [-0.05, 0) is 24.5 Å². The molecule has 3 nitrogen and oxygen atoms in total. The van der Waals surface area contributed by atoms with E-state index < -0.39 is 0 Å². The Labute approximate surface area is 78.5 Å². The summed E-state index contributed by atoms with van der Waals surface area (Å²) >= 11 is 0. The van der Waals surface area contributed by atoms with Crippen LogP contribution in [0.5, 0.6) is 0 Å². The lowest BCUT2D eigenvalue weighted by atomic mass is 10.1. The van der Waals surface area contributed by atoms with Gasteiger partial charge in [-0.3, -0.25) is 4.79 Å². The highest BCUT2D eigenvalue weighted by Gasteiger charge is 2.09. The molecule has 0 spiro atoms. The molecule has 1 atom stereocenters. The van der Waals surface area contributed by atoms with Crippen LogP contribution in [0.4, 0.5) is 0 Å². The lowest BCUT2D eigenvalue weighted by molar-refractivity contribution is 0.0958. The maximum Gasteiger partial charge on any atom is 0.267 e. The summed E-state index contributed by atoms with van der Waals surface area (Å²) in [6.07, 6.45) is 1.08. The molecule has 0 aliphatic rings. The minimum absolute atomic E-state index is 0.0606. The largest absolute Gasteiger partial charge is 0.354 e. The number of amides is 1. The van der Waals surface area contributed by atoms with E-state index in [9.17, 15) is 4.79 Å². The Balaban J connectivity index is 2.80. The van der Waals surface area contributed by atoms with Crippen molar-refractivity contribution in [3.8, 4) is 0 Å². The lowest BCUT2D eigenvalue weighted by Gasteiger charge is -2.04. The zero-order valence-electron chi connectivity index (χ0n) is 8.35. The Morgan fingerprint density at radius 2 is 2.31 bits per heavy atom. The van der Waals surface area contributed by atoms with Crippen molar-refractivity contribution in [2.75, 3.05) is 7.05 Å². The van der Waals surface area contributed by atoms with E-state index in [0.29, 0.717) is 11.6 Å². The van der Waals surface area contributed by atoms with Crippen LogP contribution in [0.1, 0.15) is 42.4 Å². The quantitative estimate of drug-likeness (QED) is 0.733. The number of nitrogens with one attached hydrogen (secondary N) is 2. The average molecular weight is 180 g/mol. The fourth-order valence-electron chi connectivity index (χ4n) is 1.19. The minimum Gasteiger partial charge on any atom is -0.354 e. The maximum atomic E-state index is 11.2. The van der Waals surface area contributed by atoms with E-state index in [0.717, 1.165) is 12.1 Å². The van der Waals surface area contributed by atoms with Crippen LogP contribution in [0.2, 0.25) is 0 Å². The minimum atomic E-state index is -0.0606. The smallest absolute Gasteiger partial charge is 0.267 e. The van der Waals surface area contributed by atoms with Gasteiger partial charge in [0.15, 0.2) is 0 Å². The summed E-state index contributed by atoms with van der Waals surface area (Å²) in [5.41, 5.74) is 1.76. The third-order valence-electron chi connectivity index (χ3n) is 2.32. The van der Waals surface area contributed by atoms with E-state index in [-0.39, 0.29) is 5.91 Å². The van der Waals surface area contributed by atoms with Crippen molar-refractivity contribution in [1.82, 2.24) is 10.3 Å². The van der Waals surface area contributed by atoms with Gasteiger partial charge in [0.25, 0.3) is 5.91 Å². The molecule has 2 N–H and O–H groups in total. The lowest BCUT2D eigenvalue weighted by Crippen LogP contribution is -2.18. The van der Waals surface area contributed by atoms with Gasteiger partial charge in [0.2, 0.25) is 0 Å². The van der Waals surface area contributed by atoms with Crippen molar-refractivity contribution in [2.24, 2.45) is 0 Å². The van der Waals surface area contributed by atoms with Crippen molar-refractivity contribution in [3.05, 3.63) is 23.5 Å². The van der Waals surface area contributed by atoms with Crippen LogP contribution in [-0.4, -0.2) is 17.9 Å². The Hall–Kier alpha value is -1.25. The van der Waals surface area contributed by atoms with Crippen LogP contribution in [0.3, 0.4) is 0 Å². The summed E-state index contributed by atoms with van der Waals surface area (Å²) in [6.45, 7) is 4.27. The molecule has 0 aromatic carbocycles. The molecule has 13 heavy (non-hydrogen) atoms. The normalized spacial score (nSPS) is 12.5. The first-order valence-corrected chi connectivity index (χ1v) is 4.60. The highest BCUT2D eigenvalue weighted by molar-refractivity contribution is 5.92. The average Bonchev–Trinajstić information content (AvgIpc) is 2.64. The van der Waals surface area contributed by atoms with E-state index >= 15 is 0 Å². The van der Waals surface area contributed by atoms with Gasteiger partial charge in [-0.25, -0.2) is 0 Å². The van der Waals surface area contributed by atoms with Gasteiger partial charge in [-0.2, -0.15) is 0 Å². The van der Waals surface area contributed by atoms with Gasteiger partial charge < -0.3 is 10.3 Å². The van der Waals surface area contributed by atoms with Gasteiger partial charge in [0.1, 0.15) is 5.69 Å². The number of hydrogen-bond acceptors (Lipinski definition) is 1. The summed E-state index contributed by atoms with van der Waals surface area (Å²) in [4.78, 5) is 14.3. The Kier molecular flexibility index (Phi) is 3.12. The molecule has 0 aliphatic heterocycles. The Morgan fingerprint density at radius 3 is 2.85 bits per heavy atom. The maximum absolute atomic E-state index is 11.2. The molecule has 72 valence electrons. The molecule has 1 aromatic heterocycles. The van der Waals surface area contributed by atoms with Gasteiger partial charge in [0.05, 0.1) is 0 Å². The van der Waals surface area contributed by atoms with Crippen LogP contribution in [0.25, 0.3) is 0 Å². The second kappa shape index (κ2) is 4.12. The van der Waals surface area contributed by atoms with E-state index in [1.807, 2.05) is 12.1 Å². The van der Waals surface area contributed by atoms with E-state index in [2.05, 4.69) is 24.1 Å². The molecule has 0 radical (unpaired) electrons. The van der Waals surface area contributed by atoms with Crippen LogP contribution in [0, 0.1) is 0 Å². The second-order valence-electron chi connectivity index (χ2n) is 3.22. The van der Waals surface area contributed by atoms with Crippen LogP contribution < -0.4 is 5.32 Å². The monoisotopic (exact) mass is 180 g/mol. The summed E-state index contributed by atoms with van der Waals surface area (Å²) in [6, 6.07) is 3.79. The van der Waals surface area contributed by atoms with E-state index in [1.54, 1.807) is 7.05 Å². The first-order valence-electron chi connectivity index (χ1n) is 4.60. The molecule has 0 saturated carbocycles. The number of hydrogen-bond donors (Lipinski definition) is 2. The van der Waals surface area contributed by atoms with Crippen molar-refractivity contribution < 1.29 is 4.79 Å². The van der Waals surface area contributed by atoms with Gasteiger partial charge in [-0.15, -0.1) is 0 Å². The SMILES string of the molecule is CCC(C)c1ccc(C(=O)NC)[nH]1. The molecule has 3 heteroatoms. The van der Waals surface area contributed by atoms with E-state index in [4.69, 9.17) is 0 Å². The van der Waals surface area contributed by atoms with E-state index in [1.165, 1.54) is 0 Å².